The van der Waals surface area contributed by atoms with Crippen molar-refractivity contribution in [3.05, 3.63) is 0 Å². The van der Waals surface area contributed by atoms with Crippen molar-refractivity contribution in [1.82, 2.24) is 20.1 Å². The number of primary sulfonamides is 1. The van der Waals surface area contributed by atoms with Gasteiger partial charge in [0.1, 0.15) is 0 Å². The van der Waals surface area contributed by atoms with Crippen LogP contribution in [0.5, 0.6) is 0 Å². The Bertz CT molecular complexity index is 1120. The molecule has 12 nitrogen and oxygen atoms in total. The molecule has 0 aromatic carbocycles. The topological polar surface area (TPSA) is 179 Å². The lowest BCUT2D eigenvalue weighted by Gasteiger charge is -2.37. The number of carbonyl (C=O) groups is 2. The lowest BCUT2D eigenvalue weighted by atomic mass is 9.79. The standard InChI is InChI=1S/C31H61N5O7S2/c1-6-9-17-36(34-45(42,43)23(4)5)22-29(37)28(18-24-13-11-10-12-14-24)33-30(38)25-19-26(21-27(20-25)44(32,40)41)31(39)35(15-7-2)16-8-3/h23-29,34,37H,6-22H2,1-5H3,(H,33,38)(H2,32,40,41). The number of nitrogens with zero attached hydrogens (tertiary/aromatic N) is 2. The molecule has 2 amide bonds. The summed E-state index contributed by atoms with van der Waals surface area (Å²) in [6.07, 6.45) is 8.11. The van der Waals surface area contributed by atoms with Crippen LogP contribution in [0.3, 0.4) is 0 Å². The van der Waals surface area contributed by atoms with Gasteiger partial charge in [0.05, 0.1) is 22.6 Å². The summed E-state index contributed by atoms with van der Waals surface area (Å²) in [6, 6.07) is -0.672. The van der Waals surface area contributed by atoms with E-state index >= 15 is 0 Å². The van der Waals surface area contributed by atoms with Gasteiger partial charge in [-0.1, -0.05) is 59.3 Å². The van der Waals surface area contributed by atoms with Gasteiger partial charge in [-0.2, -0.15) is 0 Å². The lowest BCUT2D eigenvalue weighted by molar-refractivity contribution is -0.138. The molecule has 2 aliphatic carbocycles. The number of amides is 2. The van der Waals surface area contributed by atoms with E-state index in [2.05, 4.69) is 10.1 Å². The lowest BCUT2D eigenvalue weighted by Crippen LogP contribution is -2.55. The summed E-state index contributed by atoms with van der Waals surface area (Å²) in [4.78, 5) is 31.8. The van der Waals surface area contributed by atoms with Crippen LogP contribution in [-0.2, 0) is 29.6 Å². The first kappa shape index (κ1) is 39.9. The third kappa shape index (κ3) is 13.0. The summed E-state index contributed by atoms with van der Waals surface area (Å²) in [5, 5.41) is 20.0. The van der Waals surface area contributed by atoms with Gasteiger partial charge in [-0.25, -0.2) is 27.0 Å². The molecule has 2 rings (SSSR count). The zero-order chi connectivity index (χ0) is 33.8. The second kappa shape index (κ2) is 18.9. The van der Waals surface area contributed by atoms with Crippen LogP contribution >= 0.6 is 0 Å². The molecule has 0 aromatic heterocycles. The number of hydrogen-bond donors (Lipinski definition) is 4. The zero-order valence-corrected chi connectivity index (χ0v) is 29.9. The van der Waals surface area contributed by atoms with Crippen LogP contribution in [-0.4, -0.2) is 92.5 Å². The van der Waals surface area contributed by atoms with E-state index in [1.807, 2.05) is 20.8 Å². The van der Waals surface area contributed by atoms with Gasteiger partial charge >= 0.3 is 0 Å². The van der Waals surface area contributed by atoms with Crippen molar-refractivity contribution in [3.63, 3.8) is 0 Å². The van der Waals surface area contributed by atoms with Gasteiger partial charge in [-0.05, 0) is 64.7 Å². The van der Waals surface area contributed by atoms with Crippen molar-refractivity contribution in [2.45, 2.75) is 141 Å². The van der Waals surface area contributed by atoms with E-state index in [9.17, 15) is 31.5 Å². The van der Waals surface area contributed by atoms with Gasteiger partial charge in [0.15, 0.2) is 0 Å². The number of nitrogens with one attached hydrogen (secondary N) is 2. The van der Waals surface area contributed by atoms with Crippen molar-refractivity contribution in [2.24, 2.45) is 22.9 Å². The van der Waals surface area contributed by atoms with E-state index in [-0.39, 0.29) is 31.7 Å². The molecule has 0 aromatic rings. The van der Waals surface area contributed by atoms with Gasteiger partial charge in [-0.3, -0.25) is 9.59 Å². The fraction of sp³-hybridized carbons (Fsp3) is 0.935. The minimum Gasteiger partial charge on any atom is -0.390 e. The minimum absolute atomic E-state index is 0.0130. The molecule has 0 radical (unpaired) electrons. The maximum atomic E-state index is 13.9. The third-order valence-electron chi connectivity index (χ3n) is 9.32. The highest BCUT2D eigenvalue weighted by molar-refractivity contribution is 7.90. The van der Waals surface area contributed by atoms with Crippen LogP contribution in [0.4, 0.5) is 0 Å². The molecule has 0 aliphatic heterocycles. The molecule has 2 aliphatic rings. The van der Waals surface area contributed by atoms with Gasteiger partial charge in [-0.15, -0.1) is 4.83 Å². The molecule has 45 heavy (non-hydrogen) atoms. The van der Waals surface area contributed by atoms with Gasteiger partial charge in [0.25, 0.3) is 0 Å². The number of sulfonamides is 2. The maximum Gasteiger partial charge on any atom is 0.226 e. The van der Waals surface area contributed by atoms with Crippen molar-refractivity contribution in [2.75, 3.05) is 26.2 Å². The summed E-state index contributed by atoms with van der Waals surface area (Å²) in [5.41, 5.74) is 0. The highest BCUT2D eigenvalue weighted by atomic mass is 32.2. The second-order valence-corrected chi connectivity index (χ2v) is 17.6. The molecule has 2 saturated carbocycles. The molecule has 0 heterocycles. The quantitative estimate of drug-likeness (QED) is 0.151. The Morgan fingerprint density at radius 2 is 1.49 bits per heavy atom. The Hall–Kier alpha value is -1.32. The maximum absolute atomic E-state index is 13.9. The number of unbranched alkanes of at least 4 members (excludes halogenated alkanes) is 1. The van der Waals surface area contributed by atoms with E-state index < -0.39 is 60.4 Å². The predicted molar refractivity (Wildman–Crippen MR) is 178 cm³/mol. The van der Waals surface area contributed by atoms with Crippen molar-refractivity contribution in [1.29, 1.82) is 0 Å². The molecular formula is C31H61N5O7S2. The minimum atomic E-state index is -4.00. The summed E-state index contributed by atoms with van der Waals surface area (Å²) in [7, 11) is -7.64. The predicted octanol–water partition coefficient (Wildman–Crippen LogP) is 2.87. The van der Waals surface area contributed by atoms with Gasteiger partial charge in [0, 0.05) is 38.0 Å². The number of nitrogens with two attached hydrogens (primary N) is 1. The molecule has 5 atom stereocenters. The molecule has 14 heteroatoms. The van der Waals surface area contributed by atoms with Gasteiger partial charge < -0.3 is 15.3 Å². The number of carbonyl (C=O) groups excluding carboxylic acids is 2. The number of aliphatic hydroxyl groups excluding tert-OH is 1. The van der Waals surface area contributed by atoms with Crippen LogP contribution < -0.4 is 15.3 Å². The van der Waals surface area contributed by atoms with E-state index in [1.54, 1.807) is 18.7 Å². The largest absolute Gasteiger partial charge is 0.390 e. The number of rotatable bonds is 19. The smallest absolute Gasteiger partial charge is 0.226 e. The second-order valence-electron chi connectivity index (χ2n) is 13.5. The number of hydrazine groups is 1. The van der Waals surface area contributed by atoms with E-state index in [0.717, 1.165) is 51.4 Å². The first-order valence-electron chi connectivity index (χ1n) is 17.2. The van der Waals surface area contributed by atoms with E-state index in [1.165, 1.54) is 5.01 Å². The zero-order valence-electron chi connectivity index (χ0n) is 28.2. The average Bonchev–Trinajstić information content (AvgIpc) is 2.98. The summed E-state index contributed by atoms with van der Waals surface area (Å²) < 4.78 is 50.4. The summed E-state index contributed by atoms with van der Waals surface area (Å²) >= 11 is 0. The molecule has 0 bridgehead atoms. The van der Waals surface area contributed by atoms with Crippen LogP contribution in [0.15, 0.2) is 0 Å². The van der Waals surface area contributed by atoms with Crippen LogP contribution in [0, 0.1) is 17.8 Å². The molecule has 5 N–H and O–H groups in total. The Morgan fingerprint density at radius 3 is 2.02 bits per heavy atom. The highest BCUT2D eigenvalue weighted by Gasteiger charge is 2.42. The van der Waals surface area contributed by atoms with Crippen molar-refractivity contribution in [3.8, 4) is 0 Å². The van der Waals surface area contributed by atoms with Crippen LogP contribution in [0.2, 0.25) is 0 Å². The molecule has 264 valence electrons. The van der Waals surface area contributed by atoms with Gasteiger partial charge in [0.2, 0.25) is 31.9 Å². The monoisotopic (exact) mass is 679 g/mol. The van der Waals surface area contributed by atoms with E-state index in [0.29, 0.717) is 38.4 Å². The number of hydrogen-bond acceptors (Lipinski definition) is 8. The molecule has 0 spiro atoms. The Balaban J connectivity index is 2.31. The fourth-order valence-corrected chi connectivity index (χ4v) is 8.37. The van der Waals surface area contributed by atoms with Crippen LogP contribution in [0.1, 0.15) is 118 Å². The van der Waals surface area contributed by atoms with Crippen LogP contribution in [0.25, 0.3) is 0 Å². The SMILES string of the molecule is CCCCN(CC(O)C(CC1CCCCC1)NC(=O)C1CC(C(=O)N(CCC)CCC)CC(S(N)(=O)=O)C1)NS(=O)(=O)C(C)C. The highest BCUT2D eigenvalue weighted by Crippen LogP contribution is 2.35. The third-order valence-corrected chi connectivity index (χ3v) is 12.4. The normalized spacial score (nSPS) is 23.2. The Kier molecular flexibility index (Phi) is 16.7. The van der Waals surface area contributed by atoms with E-state index in [4.69, 9.17) is 5.14 Å². The first-order valence-corrected chi connectivity index (χ1v) is 20.3. The Morgan fingerprint density at radius 1 is 0.889 bits per heavy atom. The molecule has 5 unspecified atom stereocenters. The molecular weight excluding hydrogens is 619 g/mol. The van der Waals surface area contributed by atoms with Crippen molar-refractivity contribution < 1.29 is 31.5 Å². The summed E-state index contributed by atoms with van der Waals surface area (Å²) in [6.45, 7) is 10.6. The molecule has 0 saturated heterocycles. The first-order chi connectivity index (χ1) is 21.1. The number of aliphatic hydroxyl groups is 1. The van der Waals surface area contributed by atoms with Crippen molar-refractivity contribution >= 4 is 31.9 Å². The Labute approximate surface area is 272 Å². The summed E-state index contributed by atoms with van der Waals surface area (Å²) in [5.74, 6) is -1.66. The fourth-order valence-electron chi connectivity index (χ4n) is 6.64. The average molecular weight is 680 g/mol. The molecule has 2 fully saturated rings.